The minimum absolute atomic E-state index is 0.739. The molecule has 0 saturated heterocycles. The number of hydrogen-bond acceptors (Lipinski definition) is 4. The second-order valence-electron chi connectivity index (χ2n) is 21.1. The van der Waals surface area contributed by atoms with Gasteiger partial charge in [0, 0.05) is 66.5 Å². The maximum absolute atomic E-state index is 6.55. The lowest BCUT2D eigenvalue weighted by molar-refractivity contribution is 0.669. The van der Waals surface area contributed by atoms with Gasteiger partial charge in [0.1, 0.15) is 22.3 Å². The van der Waals surface area contributed by atoms with Crippen LogP contribution in [0.2, 0.25) is 0 Å². The van der Waals surface area contributed by atoms with Gasteiger partial charge in [0.15, 0.2) is 0 Å². The largest absolute Gasteiger partial charge is 0.455 e. The molecule has 0 N–H and O–H groups in total. The second-order valence-corrected chi connectivity index (χ2v) is 21.1. The Hall–Kier alpha value is -10.7. The molecule has 0 saturated carbocycles. The van der Waals surface area contributed by atoms with Crippen molar-refractivity contribution in [3.05, 3.63) is 326 Å². The normalized spacial score (nSPS) is 12.5. The monoisotopic (exact) mass is 1030 g/mol. The summed E-state index contributed by atoms with van der Waals surface area (Å²) in [6, 6.07) is 110. The zero-order valence-electron chi connectivity index (χ0n) is 44.1. The molecule has 16 rings (SSSR count). The maximum atomic E-state index is 6.55. The first-order valence-corrected chi connectivity index (χ1v) is 27.7. The molecule has 2 heterocycles. The highest BCUT2D eigenvalue weighted by Crippen LogP contribution is 2.61. The molecule has 2 aromatic heterocycles. The SMILES string of the molecule is c1ccc(N(c2ccc(-c3cccc4c3oc3ccccc34)cc2)c2ccc3c(c2)C(c2ccccc2)(c2ccccc2)c2cc(N(c4ccccc4)c4ccc(-c5cccc6c5oc5ccccc56)cc4)c4ccccc4c2-3)cc1. The van der Waals surface area contributed by atoms with Crippen molar-refractivity contribution in [2.45, 2.75) is 5.41 Å². The molecule has 380 valence electrons. The van der Waals surface area contributed by atoms with Crippen LogP contribution in [0.15, 0.2) is 312 Å². The first-order valence-electron chi connectivity index (χ1n) is 27.7. The molecule has 81 heavy (non-hydrogen) atoms. The summed E-state index contributed by atoms with van der Waals surface area (Å²) >= 11 is 0. The zero-order chi connectivity index (χ0) is 53.4. The fourth-order valence-corrected chi connectivity index (χ4v) is 13.2. The highest BCUT2D eigenvalue weighted by Gasteiger charge is 2.48. The van der Waals surface area contributed by atoms with Crippen molar-refractivity contribution in [2.24, 2.45) is 0 Å². The van der Waals surface area contributed by atoms with Gasteiger partial charge in [-0.05, 0) is 129 Å². The summed E-state index contributed by atoms with van der Waals surface area (Å²) in [5.41, 5.74) is 20.8. The predicted octanol–water partition coefficient (Wildman–Crippen LogP) is 21.3. The third-order valence-electron chi connectivity index (χ3n) is 16.7. The molecule has 0 amide bonds. The van der Waals surface area contributed by atoms with Gasteiger partial charge in [-0.3, -0.25) is 0 Å². The molecule has 13 aromatic carbocycles. The Balaban J connectivity index is 0.895. The van der Waals surface area contributed by atoms with Crippen molar-refractivity contribution in [1.82, 2.24) is 0 Å². The van der Waals surface area contributed by atoms with Crippen LogP contribution in [0.1, 0.15) is 22.3 Å². The molecule has 0 atom stereocenters. The van der Waals surface area contributed by atoms with E-state index in [4.69, 9.17) is 8.83 Å². The highest BCUT2D eigenvalue weighted by atomic mass is 16.3. The molecular formula is C77H50N2O2. The highest BCUT2D eigenvalue weighted by molar-refractivity contribution is 6.13. The maximum Gasteiger partial charge on any atom is 0.143 e. The summed E-state index contributed by atoms with van der Waals surface area (Å²) in [6.07, 6.45) is 0. The lowest BCUT2D eigenvalue weighted by Crippen LogP contribution is -2.29. The van der Waals surface area contributed by atoms with Crippen molar-refractivity contribution in [1.29, 1.82) is 0 Å². The van der Waals surface area contributed by atoms with E-state index in [0.717, 1.165) is 106 Å². The summed E-state index contributed by atoms with van der Waals surface area (Å²) in [4.78, 5) is 4.84. The number of rotatable bonds is 10. The van der Waals surface area contributed by atoms with E-state index in [1.165, 1.54) is 38.8 Å². The minimum Gasteiger partial charge on any atom is -0.455 e. The summed E-state index contributed by atoms with van der Waals surface area (Å²) in [5.74, 6) is 0. The van der Waals surface area contributed by atoms with E-state index in [-0.39, 0.29) is 0 Å². The molecule has 1 aliphatic rings. The van der Waals surface area contributed by atoms with E-state index in [9.17, 15) is 0 Å². The lowest BCUT2D eigenvalue weighted by atomic mass is 9.67. The molecule has 4 heteroatoms. The van der Waals surface area contributed by atoms with Crippen molar-refractivity contribution in [2.75, 3.05) is 9.80 Å². The van der Waals surface area contributed by atoms with Crippen molar-refractivity contribution < 1.29 is 8.83 Å². The fourth-order valence-electron chi connectivity index (χ4n) is 13.2. The van der Waals surface area contributed by atoms with Crippen LogP contribution >= 0.6 is 0 Å². The van der Waals surface area contributed by atoms with Crippen LogP contribution in [0.3, 0.4) is 0 Å². The molecule has 0 spiro atoms. The molecule has 15 aromatic rings. The van der Waals surface area contributed by atoms with E-state index in [2.05, 4.69) is 289 Å². The van der Waals surface area contributed by atoms with Gasteiger partial charge in [0.05, 0.1) is 11.1 Å². The van der Waals surface area contributed by atoms with Gasteiger partial charge < -0.3 is 18.6 Å². The van der Waals surface area contributed by atoms with Gasteiger partial charge in [-0.2, -0.15) is 0 Å². The van der Waals surface area contributed by atoms with Crippen LogP contribution in [-0.4, -0.2) is 0 Å². The Kier molecular flexibility index (Phi) is 10.8. The smallest absolute Gasteiger partial charge is 0.143 e. The van der Waals surface area contributed by atoms with Crippen molar-refractivity contribution in [3.8, 4) is 33.4 Å². The van der Waals surface area contributed by atoms with E-state index in [0.29, 0.717) is 0 Å². The average molecular weight is 1040 g/mol. The van der Waals surface area contributed by atoms with Crippen LogP contribution in [0, 0.1) is 0 Å². The molecule has 1 aliphatic carbocycles. The molecule has 0 radical (unpaired) electrons. The Morgan fingerprint density at radius 2 is 0.667 bits per heavy atom. The first-order chi connectivity index (χ1) is 40.2. The van der Waals surface area contributed by atoms with Gasteiger partial charge in [0.2, 0.25) is 0 Å². The molecule has 0 bridgehead atoms. The van der Waals surface area contributed by atoms with E-state index < -0.39 is 5.41 Å². The standard InChI is InChI=1S/C77H50N2O2/c1-5-21-53(22-6-1)77(54-23-7-2-8-24-54)69-49-59(78(55-25-9-3-10-26-55)57-43-39-51(40-44-57)60-33-19-35-66-63-30-15-17-37-72(63)80-75(60)66)47-48-68(69)74-65-32-14-13-29-62(65)71(50-70(74)77)79(56-27-11-4-12-28-56)58-45-41-52(42-46-58)61-34-20-36-67-64-31-16-18-38-73(64)81-76(61)67/h1-50H. The zero-order valence-corrected chi connectivity index (χ0v) is 44.1. The van der Waals surface area contributed by atoms with Crippen molar-refractivity contribution in [3.63, 3.8) is 0 Å². The molecular weight excluding hydrogens is 985 g/mol. The lowest BCUT2D eigenvalue weighted by Gasteiger charge is -2.36. The number of anilines is 6. The van der Waals surface area contributed by atoms with E-state index >= 15 is 0 Å². The van der Waals surface area contributed by atoms with Crippen LogP contribution in [0.25, 0.3) is 88.0 Å². The number of benzene rings is 13. The van der Waals surface area contributed by atoms with E-state index in [1.54, 1.807) is 0 Å². The summed E-state index contributed by atoms with van der Waals surface area (Å²) in [6.45, 7) is 0. The summed E-state index contributed by atoms with van der Waals surface area (Å²) < 4.78 is 13.1. The molecule has 0 fully saturated rings. The number of para-hydroxylation sites is 6. The molecule has 0 aliphatic heterocycles. The Bertz CT molecular complexity index is 4810. The number of hydrogen-bond donors (Lipinski definition) is 0. The van der Waals surface area contributed by atoms with Gasteiger partial charge in [-0.1, -0.05) is 224 Å². The minimum atomic E-state index is -0.739. The fraction of sp³-hybridized carbons (Fsp3) is 0.0130. The third-order valence-corrected chi connectivity index (χ3v) is 16.7. The quantitative estimate of drug-likeness (QED) is 0.137. The van der Waals surface area contributed by atoms with Crippen LogP contribution < -0.4 is 9.80 Å². The van der Waals surface area contributed by atoms with Crippen molar-refractivity contribution >= 4 is 88.8 Å². The molecule has 4 nitrogen and oxygen atoms in total. The van der Waals surface area contributed by atoms with Gasteiger partial charge in [0.25, 0.3) is 0 Å². The Labute approximate surface area is 469 Å². The number of fused-ring (bicyclic) bond motifs is 11. The van der Waals surface area contributed by atoms with Crippen LogP contribution in [0.4, 0.5) is 34.1 Å². The topological polar surface area (TPSA) is 32.8 Å². The van der Waals surface area contributed by atoms with Gasteiger partial charge in [-0.15, -0.1) is 0 Å². The van der Waals surface area contributed by atoms with Crippen LogP contribution in [-0.2, 0) is 5.41 Å². The number of furan rings is 2. The van der Waals surface area contributed by atoms with Crippen LogP contribution in [0.5, 0.6) is 0 Å². The first kappa shape index (κ1) is 46.4. The average Bonchev–Trinajstić information content (AvgIpc) is 3.03. The Morgan fingerprint density at radius 1 is 0.259 bits per heavy atom. The number of nitrogens with zero attached hydrogens (tertiary/aromatic N) is 2. The van der Waals surface area contributed by atoms with E-state index in [1.807, 2.05) is 24.3 Å². The molecule has 0 unspecified atom stereocenters. The van der Waals surface area contributed by atoms with Gasteiger partial charge in [-0.25, -0.2) is 0 Å². The summed E-state index contributed by atoms with van der Waals surface area (Å²) in [7, 11) is 0. The third kappa shape index (κ3) is 7.31. The Morgan fingerprint density at radius 3 is 1.20 bits per heavy atom. The van der Waals surface area contributed by atoms with Gasteiger partial charge >= 0.3 is 0 Å². The second kappa shape index (κ2) is 18.8. The summed E-state index contributed by atoms with van der Waals surface area (Å²) in [5, 5.41) is 6.84. The predicted molar refractivity (Wildman–Crippen MR) is 336 cm³/mol.